The summed E-state index contributed by atoms with van der Waals surface area (Å²) in [6, 6.07) is 6.70. The van der Waals surface area contributed by atoms with E-state index in [4.69, 9.17) is 0 Å². The highest BCUT2D eigenvalue weighted by Crippen LogP contribution is 2.37. The largest absolute Gasteiger partial charge is 0.353 e. The summed E-state index contributed by atoms with van der Waals surface area (Å²) in [5.41, 5.74) is 1.66. The van der Waals surface area contributed by atoms with E-state index in [0.29, 0.717) is 18.0 Å². The van der Waals surface area contributed by atoms with Crippen LogP contribution in [0.4, 0.5) is 0 Å². The van der Waals surface area contributed by atoms with Gasteiger partial charge >= 0.3 is 0 Å². The molecular formula is C19H24N6O. The molecule has 4 unspecified atom stereocenters. The van der Waals surface area contributed by atoms with Crippen molar-refractivity contribution in [3.8, 4) is 11.4 Å². The van der Waals surface area contributed by atoms with Crippen LogP contribution in [-0.2, 0) is 11.3 Å². The molecule has 5 heterocycles. The molecule has 1 saturated carbocycles. The van der Waals surface area contributed by atoms with Gasteiger partial charge in [-0.05, 0) is 50.3 Å². The van der Waals surface area contributed by atoms with Crippen LogP contribution in [0.2, 0.25) is 0 Å². The zero-order chi connectivity index (χ0) is 17.5. The van der Waals surface area contributed by atoms with Crippen molar-refractivity contribution >= 4 is 5.91 Å². The Bertz CT molecular complexity index is 786. The van der Waals surface area contributed by atoms with Crippen LogP contribution in [0.5, 0.6) is 0 Å². The van der Waals surface area contributed by atoms with Crippen LogP contribution in [-0.4, -0.2) is 56.0 Å². The summed E-state index contributed by atoms with van der Waals surface area (Å²) < 4.78 is 1.93. The molecule has 2 bridgehead atoms. The minimum Gasteiger partial charge on any atom is -0.353 e. The summed E-state index contributed by atoms with van der Waals surface area (Å²) in [7, 11) is 0. The highest BCUT2D eigenvalue weighted by atomic mass is 16.2. The molecule has 1 aliphatic carbocycles. The molecule has 7 heteroatoms. The van der Waals surface area contributed by atoms with Gasteiger partial charge in [0.05, 0.1) is 24.4 Å². The number of pyridine rings is 1. The molecule has 1 amide bonds. The fourth-order valence-electron chi connectivity index (χ4n) is 4.40. The highest BCUT2D eigenvalue weighted by molar-refractivity contribution is 5.80. The van der Waals surface area contributed by atoms with E-state index in [9.17, 15) is 4.79 Å². The second-order valence-electron chi connectivity index (χ2n) is 7.86. The van der Waals surface area contributed by atoms with E-state index < -0.39 is 0 Å². The number of hydrogen-bond donors (Lipinski definition) is 1. The standard InChI is InChI=1S/C19H24N6O/c26-19(21-14-4-5-14)16-11-24-8-6-13(16)9-15(24)10-25-12-18(22-23-25)17-3-1-2-7-20-17/h1-3,7,12-16H,4-6,8-11H2,(H,21,26). The fraction of sp³-hybridized carbons (Fsp3) is 0.579. The fourth-order valence-corrected chi connectivity index (χ4v) is 4.40. The summed E-state index contributed by atoms with van der Waals surface area (Å²) in [5.74, 6) is 0.946. The molecule has 0 aromatic carbocycles. The maximum Gasteiger partial charge on any atom is 0.224 e. The number of nitrogens with one attached hydrogen (secondary N) is 1. The van der Waals surface area contributed by atoms with Crippen molar-refractivity contribution in [1.82, 2.24) is 30.2 Å². The Morgan fingerprint density at radius 2 is 2.15 bits per heavy atom. The number of rotatable bonds is 5. The SMILES string of the molecule is O=C(NC1CC1)C1CN2CCC1CC2Cn1cc(-c2ccccn2)nn1. The number of fused-ring (bicyclic) bond motifs is 3. The molecule has 6 rings (SSSR count). The third-order valence-corrected chi connectivity index (χ3v) is 6.00. The van der Waals surface area contributed by atoms with Gasteiger partial charge in [-0.1, -0.05) is 11.3 Å². The first-order valence-corrected chi connectivity index (χ1v) is 9.62. The Balaban J connectivity index is 1.24. The van der Waals surface area contributed by atoms with Gasteiger partial charge in [0.1, 0.15) is 5.69 Å². The normalized spacial score (nSPS) is 30.3. The summed E-state index contributed by atoms with van der Waals surface area (Å²) in [6.45, 7) is 2.80. The third kappa shape index (κ3) is 3.11. The Morgan fingerprint density at radius 1 is 1.23 bits per heavy atom. The zero-order valence-corrected chi connectivity index (χ0v) is 14.8. The van der Waals surface area contributed by atoms with E-state index in [1.807, 2.05) is 29.1 Å². The first kappa shape index (κ1) is 15.9. The van der Waals surface area contributed by atoms with Crippen LogP contribution in [0.15, 0.2) is 30.6 Å². The number of carbonyl (C=O) groups is 1. The van der Waals surface area contributed by atoms with Crippen LogP contribution in [0.1, 0.15) is 25.7 Å². The number of hydrogen-bond acceptors (Lipinski definition) is 5. The molecule has 3 aliphatic heterocycles. The Morgan fingerprint density at radius 3 is 2.88 bits per heavy atom. The molecule has 0 spiro atoms. The molecule has 4 atom stereocenters. The smallest absolute Gasteiger partial charge is 0.224 e. The predicted molar refractivity (Wildman–Crippen MR) is 96.0 cm³/mol. The number of carbonyl (C=O) groups excluding carboxylic acids is 1. The molecule has 4 aliphatic rings. The minimum absolute atomic E-state index is 0.167. The molecule has 26 heavy (non-hydrogen) atoms. The lowest BCUT2D eigenvalue weighted by Gasteiger charge is -2.49. The van der Waals surface area contributed by atoms with Gasteiger partial charge in [-0.25, -0.2) is 0 Å². The topological polar surface area (TPSA) is 75.9 Å². The Labute approximate surface area is 152 Å². The van der Waals surface area contributed by atoms with Crippen molar-refractivity contribution in [2.45, 2.75) is 44.3 Å². The molecule has 4 fully saturated rings. The van der Waals surface area contributed by atoms with E-state index in [-0.39, 0.29) is 11.8 Å². The van der Waals surface area contributed by atoms with Crippen LogP contribution >= 0.6 is 0 Å². The lowest BCUT2D eigenvalue weighted by molar-refractivity contribution is -0.133. The van der Waals surface area contributed by atoms with Gasteiger partial charge in [-0.3, -0.25) is 19.4 Å². The van der Waals surface area contributed by atoms with Crippen molar-refractivity contribution < 1.29 is 4.79 Å². The van der Waals surface area contributed by atoms with Crippen molar-refractivity contribution in [2.75, 3.05) is 13.1 Å². The van der Waals surface area contributed by atoms with Crippen LogP contribution in [0.3, 0.4) is 0 Å². The third-order valence-electron chi connectivity index (χ3n) is 6.00. The van der Waals surface area contributed by atoms with E-state index in [2.05, 4.69) is 25.5 Å². The zero-order valence-electron chi connectivity index (χ0n) is 14.8. The summed E-state index contributed by atoms with van der Waals surface area (Å²) in [5, 5.41) is 11.8. The molecule has 2 aromatic heterocycles. The average molecular weight is 352 g/mol. The molecule has 7 nitrogen and oxygen atoms in total. The number of amides is 1. The monoisotopic (exact) mass is 352 g/mol. The predicted octanol–water partition coefficient (Wildman–Crippen LogP) is 1.33. The molecule has 3 saturated heterocycles. The van der Waals surface area contributed by atoms with Gasteiger partial charge in [-0.2, -0.15) is 0 Å². The Hall–Kier alpha value is -2.28. The van der Waals surface area contributed by atoms with E-state index >= 15 is 0 Å². The van der Waals surface area contributed by atoms with E-state index in [0.717, 1.165) is 56.7 Å². The van der Waals surface area contributed by atoms with Crippen LogP contribution < -0.4 is 5.32 Å². The lowest BCUT2D eigenvalue weighted by atomic mass is 9.75. The molecular weight excluding hydrogens is 328 g/mol. The highest BCUT2D eigenvalue weighted by Gasteiger charge is 2.44. The molecule has 1 N–H and O–H groups in total. The summed E-state index contributed by atoms with van der Waals surface area (Å²) in [6.07, 6.45) is 8.26. The van der Waals surface area contributed by atoms with Crippen molar-refractivity contribution in [3.63, 3.8) is 0 Å². The molecule has 2 aromatic rings. The number of piperidine rings is 3. The van der Waals surface area contributed by atoms with Gasteiger partial charge < -0.3 is 5.32 Å². The Kier molecular flexibility index (Phi) is 3.96. The number of aromatic nitrogens is 4. The molecule has 136 valence electrons. The van der Waals surface area contributed by atoms with Gasteiger partial charge in [0.25, 0.3) is 0 Å². The van der Waals surface area contributed by atoms with E-state index in [1.165, 1.54) is 0 Å². The van der Waals surface area contributed by atoms with Crippen molar-refractivity contribution in [1.29, 1.82) is 0 Å². The van der Waals surface area contributed by atoms with Crippen LogP contribution in [0.25, 0.3) is 11.4 Å². The van der Waals surface area contributed by atoms with Crippen molar-refractivity contribution in [2.24, 2.45) is 11.8 Å². The van der Waals surface area contributed by atoms with E-state index in [1.54, 1.807) is 6.20 Å². The quantitative estimate of drug-likeness (QED) is 0.879. The summed E-state index contributed by atoms with van der Waals surface area (Å²) in [4.78, 5) is 19.3. The van der Waals surface area contributed by atoms with Crippen LogP contribution in [0, 0.1) is 11.8 Å². The van der Waals surface area contributed by atoms with Gasteiger partial charge in [-0.15, -0.1) is 5.10 Å². The lowest BCUT2D eigenvalue weighted by Crippen LogP contribution is -2.58. The molecule has 0 radical (unpaired) electrons. The first-order chi connectivity index (χ1) is 12.8. The van der Waals surface area contributed by atoms with Crippen molar-refractivity contribution in [3.05, 3.63) is 30.6 Å². The maximum atomic E-state index is 12.5. The second-order valence-corrected chi connectivity index (χ2v) is 7.86. The van der Waals surface area contributed by atoms with Gasteiger partial charge in [0.15, 0.2) is 0 Å². The second kappa shape index (κ2) is 6.46. The minimum atomic E-state index is 0.167. The average Bonchev–Trinajstić information content (AvgIpc) is 3.38. The maximum absolute atomic E-state index is 12.5. The first-order valence-electron chi connectivity index (χ1n) is 9.62. The van der Waals surface area contributed by atoms with Gasteiger partial charge in [0, 0.05) is 24.8 Å². The number of nitrogens with zero attached hydrogens (tertiary/aromatic N) is 5. The summed E-state index contributed by atoms with van der Waals surface area (Å²) >= 11 is 0. The van der Waals surface area contributed by atoms with Gasteiger partial charge in [0.2, 0.25) is 5.91 Å².